The predicted molar refractivity (Wildman–Crippen MR) is 114 cm³/mol. The summed E-state index contributed by atoms with van der Waals surface area (Å²) in [6.45, 7) is 2.08. The largest absolute Gasteiger partial charge is 0.481 e. The molecule has 3 rings (SSSR count). The lowest BCUT2D eigenvalue weighted by Gasteiger charge is -2.14. The zero-order chi connectivity index (χ0) is 24.2. The van der Waals surface area contributed by atoms with Gasteiger partial charge >= 0.3 is 12.2 Å². The summed E-state index contributed by atoms with van der Waals surface area (Å²) in [5, 5.41) is 5.92. The van der Waals surface area contributed by atoms with Crippen molar-refractivity contribution >= 4 is 29.1 Å². The summed E-state index contributed by atoms with van der Waals surface area (Å²) in [5.41, 5.74) is 1.74. The Labute approximate surface area is 189 Å². The van der Waals surface area contributed by atoms with Gasteiger partial charge in [-0.1, -0.05) is 0 Å². The van der Waals surface area contributed by atoms with Crippen LogP contribution in [0.2, 0.25) is 0 Å². The molecular formula is C19H18F3N7O3S. The van der Waals surface area contributed by atoms with E-state index < -0.39 is 23.8 Å². The molecule has 0 atom stereocenters. The van der Waals surface area contributed by atoms with Gasteiger partial charge in [0.1, 0.15) is 10.8 Å². The van der Waals surface area contributed by atoms with Crippen LogP contribution in [-0.2, 0) is 6.18 Å². The van der Waals surface area contributed by atoms with E-state index in [2.05, 4.69) is 25.6 Å². The molecule has 10 nitrogen and oxygen atoms in total. The number of urea groups is 1. The average molecular weight is 481 g/mol. The molecule has 0 radical (unpaired) electrons. The van der Waals surface area contributed by atoms with E-state index in [1.54, 1.807) is 6.92 Å². The lowest BCUT2D eigenvalue weighted by Crippen LogP contribution is -2.30. The van der Waals surface area contributed by atoms with Gasteiger partial charge in [-0.25, -0.2) is 25.6 Å². The van der Waals surface area contributed by atoms with E-state index in [-0.39, 0.29) is 39.0 Å². The van der Waals surface area contributed by atoms with Gasteiger partial charge in [-0.15, -0.1) is 11.3 Å². The standard InChI is InChI=1S/C19H18F3N7O3S/c1-3-24-18(31)28-14-5-11(17-27-13(8-33-17)19(20,21)22)12(7-25-14)10-4-9(15(30)29-23)6-26-16(10)32-2/h4-8H,3,23H2,1-2H3,(H,29,30)(H2,24,25,28,31). The third-order valence-corrected chi connectivity index (χ3v) is 5.11. The van der Waals surface area contributed by atoms with Crippen LogP contribution in [0.1, 0.15) is 23.0 Å². The molecule has 3 aromatic heterocycles. The van der Waals surface area contributed by atoms with Crippen LogP contribution in [0, 0.1) is 0 Å². The van der Waals surface area contributed by atoms with Gasteiger partial charge in [0.05, 0.1) is 12.7 Å². The number of carbonyl (C=O) groups is 2. The van der Waals surface area contributed by atoms with Gasteiger partial charge in [0.25, 0.3) is 5.91 Å². The Kier molecular flexibility index (Phi) is 7.08. The first-order valence-electron chi connectivity index (χ1n) is 9.31. The summed E-state index contributed by atoms with van der Waals surface area (Å²) in [4.78, 5) is 35.8. The second kappa shape index (κ2) is 9.79. The smallest absolute Gasteiger partial charge is 0.434 e. The van der Waals surface area contributed by atoms with Crippen LogP contribution in [0.4, 0.5) is 23.8 Å². The van der Waals surface area contributed by atoms with Crippen molar-refractivity contribution in [2.45, 2.75) is 13.1 Å². The maximum Gasteiger partial charge on any atom is 0.434 e. The van der Waals surface area contributed by atoms with Crippen LogP contribution in [0.15, 0.2) is 29.9 Å². The molecule has 3 amide bonds. The second-order valence-corrected chi connectivity index (χ2v) is 7.25. The van der Waals surface area contributed by atoms with E-state index in [1.807, 2.05) is 5.43 Å². The Morgan fingerprint density at radius 2 is 1.91 bits per heavy atom. The van der Waals surface area contributed by atoms with Crippen LogP contribution < -0.4 is 26.6 Å². The summed E-state index contributed by atoms with van der Waals surface area (Å²) in [5.74, 6) is 4.71. The Morgan fingerprint density at radius 1 is 1.15 bits per heavy atom. The first-order valence-corrected chi connectivity index (χ1v) is 10.2. The molecule has 0 saturated carbocycles. The van der Waals surface area contributed by atoms with Crippen LogP contribution in [-0.4, -0.2) is 40.5 Å². The lowest BCUT2D eigenvalue weighted by molar-refractivity contribution is -0.140. The number of alkyl halides is 3. The topological polar surface area (TPSA) is 144 Å². The van der Waals surface area contributed by atoms with Crippen molar-refractivity contribution in [2.24, 2.45) is 5.84 Å². The average Bonchev–Trinajstić information content (AvgIpc) is 3.29. The number of nitrogens with zero attached hydrogens (tertiary/aromatic N) is 3. The highest BCUT2D eigenvalue weighted by atomic mass is 32.1. The van der Waals surface area contributed by atoms with E-state index in [1.165, 1.54) is 31.6 Å². The zero-order valence-electron chi connectivity index (χ0n) is 17.3. The Hall–Kier alpha value is -3.78. The first kappa shape index (κ1) is 23.9. The molecule has 5 N–H and O–H groups in total. The molecule has 0 aliphatic rings. The number of anilines is 1. The molecule has 0 saturated heterocycles. The number of methoxy groups -OCH3 is 1. The molecule has 0 unspecified atom stereocenters. The molecule has 33 heavy (non-hydrogen) atoms. The van der Waals surface area contributed by atoms with Crippen molar-refractivity contribution in [2.75, 3.05) is 19.0 Å². The van der Waals surface area contributed by atoms with Crippen LogP contribution >= 0.6 is 11.3 Å². The van der Waals surface area contributed by atoms with Gasteiger partial charge in [0, 0.05) is 41.0 Å². The van der Waals surface area contributed by atoms with E-state index in [9.17, 15) is 22.8 Å². The maximum atomic E-state index is 13.2. The number of hydrogen-bond acceptors (Lipinski definition) is 8. The number of amides is 3. The number of rotatable bonds is 6. The molecule has 0 aromatic carbocycles. The Balaban J connectivity index is 2.20. The molecule has 3 aromatic rings. The third kappa shape index (κ3) is 5.35. The van der Waals surface area contributed by atoms with Crippen molar-refractivity contribution < 1.29 is 27.5 Å². The number of carbonyl (C=O) groups excluding carboxylic acids is 2. The summed E-state index contributed by atoms with van der Waals surface area (Å²) in [7, 11) is 1.35. The summed E-state index contributed by atoms with van der Waals surface area (Å²) in [6, 6.07) is 2.24. The van der Waals surface area contributed by atoms with Crippen molar-refractivity contribution in [3.8, 4) is 27.6 Å². The SMILES string of the molecule is CCNC(=O)Nc1cc(-c2nc(C(F)(F)F)cs2)c(-c2cc(C(=O)NN)cnc2OC)cn1. The lowest BCUT2D eigenvalue weighted by atomic mass is 10.0. The van der Waals surface area contributed by atoms with E-state index in [0.29, 0.717) is 6.54 Å². The molecule has 174 valence electrons. The van der Waals surface area contributed by atoms with E-state index in [0.717, 1.165) is 16.7 Å². The second-order valence-electron chi connectivity index (χ2n) is 6.39. The quantitative estimate of drug-likeness (QED) is 0.241. The Morgan fingerprint density at radius 3 is 2.52 bits per heavy atom. The minimum Gasteiger partial charge on any atom is -0.481 e. The molecule has 14 heteroatoms. The predicted octanol–water partition coefficient (Wildman–Crippen LogP) is 3.04. The maximum absolute atomic E-state index is 13.2. The molecule has 0 fully saturated rings. The van der Waals surface area contributed by atoms with Crippen LogP contribution in [0.25, 0.3) is 21.7 Å². The van der Waals surface area contributed by atoms with Crippen molar-refractivity contribution in [3.63, 3.8) is 0 Å². The van der Waals surface area contributed by atoms with Gasteiger partial charge in [-0.3, -0.25) is 15.5 Å². The number of thiazole rings is 1. The highest BCUT2D eigenvalue weighted by molar-refractivity contribution is 7.13. The highest BCUT2D eigenvalue weighted by Gasteiger charge is 2.34. The zero-order valence-corrected chi connectivity index (χ0v) is 18.1. The normalized spacial score (nSPS) is 11.1. The van der Waals surface area contributed by atoms with Crippen LogP contribution in [0.3, 0.4) is 0 Å². The third-order valence-electron chi connectivity index (χ3n) is 4.24. The van der Waals surface area contributed by atoms with E-state index >= 15 is 0 Å². The number of hydrogen-bond donors (Lipinski definition) is 4. The van der Waals surface area contributed by atoms with Gasteiger partial charge in [-0.2, -0.15) is 13.2 Å². The fourth-order valence-electron chi connectivity index (χ4n) is 2.78. The summed E-state index contributed by atoms with van der Waals surface area (Å²) < 4.78 is 44.7. The number of nitrogens with one attached hydrogen (secondary N) is 3. The number of ether oxygens (including phenoxy) is 1. The van der Waals surface area contributed by atoms with Crippen LogP contribution in [0.5, 0.6) is 5.88 Å². The number of halogens is 3. The van der Waals surface area contributed by atoms with Crippen molar-refractivity contribution in [3.05, 3.63) is 41.2 Å². The summed E-state index contributed by atoms with van der Waals surface area (Å²) in [6.07, 6.45) is -2.09. The number of pyridine rings is 2. The van der Waals surface area contributed by atoms with Gasteiger partial charge < -0.3 is 10.1 Å². The van der Waals surface area contributed by atoms with Crippen molar-refractivity contribution in [1.29, 1.82) is 0 Å². The number of nitrogen functional groups attached to an aromatic ring is 1. The molecule has 0 aliphatic heterocycles. The fraction of sp³-hybridized carbons (Fsp3) is 0.211. The minimum absolute atomic E-state index is 0.00871. The number of hydrazine groups is 1. The van der Waals surface area contributed by atoms with Gasteiger partial charge in [-0.05, 0) is 19.1 Å². The first-order chi connectivity index (χ1) is 15.7. The Bertz CT molecular complexity index is 1180. The fourth-order valence-corrected chi connectivity index (χ4v) is 3.64. The van der Waals surface area contributed by atoms with Crippen molar-refractivity contribution in [1.82, 2.24) is 25.7 Å². The van der Waals surface area contributed by atoms with Gasteiger partial charge in [0.15, 0.2) is 5.69 Å². The molecule has 3 heterocycles. The monoisotopic (exact) mass is 481 g/mol. The molecule has 0 bridgehead atoms. The molecule has 0 spiro atoms. The number of aromatic nitrogens is 3. The molecule has 0 aliphatic carbocycles. The summed E-state index contributed by atoms with van der Waals surface area (Å²) >= 11 is 0.757. The van der Waals surface area contributed by atoms with E-state index in [4.69, 9.17) is 10.6 Å². The van der Waals surface area contributed by atoms with Gasteiger partial charge in [0.2, 0.25) is 5.88 Å². The highest BCUT2D eigenvalue weighted by Crippen LogP contribution is 2.40. The molecular weight excluding hydrogens is 463 g/mol. The number of nitrogens with two attached hydrogens (primary N) is 1. The minimum atomic E-state index is -4.64.